The molecule has 1 fully saturated rings. The third kappa shape index (κ3) is 5.45. The number of nitrogens with zero attached hydrogens (tertiary/aromatic N) is 3. The van der Waals surface area contributed by atoms with E-state index in [1.807, 2.05) is 0 Å². The van der Waals surface area contributed by atoms with E-state index in [-0.39, 0.29) is 28.7 Å². The van der Waals surface area contributed by atoms with Crippen LogP contribution in [-0.4, -0.2) is 60.4 Å². The first-order valence-electron chi connectivity index (χ1n) is 10.3. The van der Waals surface area contributed by atoms with Crippen LogP contribution in [0.15, 0.2) is 46.9 Å². The molecule has 168 valence electrons. The zero-order valence-electron chi connectivity index (χ0n) is 17.3. The standard InChI is InChI=1S/C22H23F2N5O3/c23-18-5-2-1-4-16(18)20(30)26-15-6-7-17(19(24)14-15)21-27-28-22(32-21)25-8-3-9-29-10-12-31-13-11-29/h1-2,4-7,14H,3,8-13H2,(H,25,28)(H,26,30). The SMILES string of the molecule is O=C(Nc1ccc(-c2nnc(NCCCN3CCOCC3)o2)c(F)c1)c1ccccc1F. The van der Waals surface area contributed by atoms with Crippen LogP contribution in [-0.2, 0) is 4.74 Å². The highest BCUT2D eigenvalue weighted by molar-refractivity contribution is 6.04. The number of benzene rings is 2. The Morgan fingerprint density at radius 2 is 1.88 bits per heavy atom. The average Bonchev–Trinajstić information content (AvgIpc) is 3.26. The molecule has 3 aromatic rings. The molecule has 0 bridgehead atoms. The predicted octanol–water partition coefficient (Wildman–Crippen LogP) is 3.40. The first-order chi connectivity index (χ1) is 15.6. The fourth-order valence-corrected chi connectivity index (χ4v) is 3.34. The van der Waals surface area contributed by atoms with Crippen LogP contribution in [0.5, 0.6) is 0 Å². The summed E-state index contributed by atoms with van der Waals surface area (Å²) >= 11 is 0. The molecule has 1 saturated heterocycles. The summed E-state index contributed by atoms with van der Waals surface area (Å²) in [6.45, 7) is 4.96. The summed E-state index contributed by atoms with van der Waals surface area (Å²) in [5, 5.41) is 13.3. The lowest BCUT2D eigenvalue weighted by atomic mass is 10.1. The fourth-order valence-electron chi connectivity index (χ4n) is 3.34. The van der Waals surface area contributed by atoms with Crippen molar-refractivity contribution in [3.63, 3.8) is 0 Å². The Kier molecular flexibility index (Phi) is 7.03. The molecule has 0 atom stereocenters. The number of carbonyl (C=O) groups is 1. The van der Waals surface area contributed by atoms with Crippen LogP contribution in [0.25, 0.3) is 11.5 Å². The van der Waals surface area contributed by atoms with Gasteiger partial charge in [-0.3, -0.25) is 9.69 Å². The van der Waals surface area contributed by atoms with Crippen LogP contribution in [0.3, 0.4) is 0 Å². The van der Waals surface area contributed by atoms with E-state index in [1.54, 1.807) is 6.07 Å². The number of amides is 1. The van der Waals surface area contributed by atoms with Crippen molar-refractivity contribution in [1.29, 1.82) is 0 Å². The number of aromatic nitrogens is 2. The number of halogens is 2. The van der Waals surface area contributed by atoms with Gasteiger partial charge in [-0.1, -0.05) is 17.2 Å². The Morgan fingerprint density at radius 1 is 1.06 bits per heavy atom. The molecule has 0 aliphatic carbocycles. The number of hydrogen-bond donors (Lipinski definition) is 2. The molecule has 1 aliphatic rings. The normalized spacial score (nSPS) is 14.3. The highest BCUT2D eigenvalue weighted by Crippen LogP contribution is 2.26. The molecular weight excluding hydrogens is 420 g/mol. The molecular formula is C22H23F2N5O3. The molecule has 1 aromatic heterocycles. The van der Waals surface area contributed by atoms with Gasteiger partial charge in [-0.25, -0.2) is 8.78 Å². The molecule has 10 heteroatoms. The minimum absolute atomic E-state index is 0.0187. The summed E-state index contributed by atoms with van der Waals surface area (Å²) in [5.41, 5.74) is 0.154. The van der Waals surface area contributed by atoms with Gasteiger partial charge in [0, 0.05) is 25.3 Å². The van der Waals surface area contributed by atoms with Gasteiger partial charge < -0.3 is 19.8 Å². The number of morpholine rings is 1. The lowest BCUT2D eigenvalue weighted by Crippen LogP contribution is -2.37. The summed E-state index contributed by atoms with van der Waals surface area (Å²) in [6.07, 6.45) is 0.891. The Bertz CT molecular complexity index is 1070. The van der Waals surface area contributed by atoms with E-state index < -0.39 is 17.5 Å². The van der Waals surface area contributed by atoms with Crippen molar-refractivity contribution in [3.8, 4) is 11.5 Å². The van der Waals surface area contributed by atoms with Crippen LogP contribution in [0.4, 0.5) is 20.5 Å². The second-order valence-electron chi connectivity index (χ2n) is 7.28. The van der Waals surface area contributed by atoms with E-state index >= 15 is 0 Å². The maximum absolute atomic E-state index is 14.6. The lowest BCUT2D eigenvalue weighted by Gasteiger charge is -2.26. The van der Waals surface area contributed by atoms with Crippen molar-refractivity contribution in [1.82, 2.24) is 15.1 Å². The predicted molar refractivity (Wildman–Crippen MR) is 114 cm³/mol. The number of rotatable bonds is 8. The number of hydrogen-bond acceptors (Lipinski definition) is 7. The maximum Gasteiger partial charge on any atom is 0.315 e. The number of nitrogens with one attached hydrogen (secondary N) is 2. The maximum atomic E-state index is 14.6. The van der Waals surface area contributed by atoms with Crippen molar-refractivity contribution in [2.75, 3.05) is 50.0 Å². The first kappa shape index (κ1) is 21.8. The third-order valence-electron chi connectivity index (χ3n) is 5.03. The van der Waals surface area contributed by atoms with Gasteiger partial charge >= 0.3 is 6.01 Å². The molecule has 2 N–H and O–H groups in total. The van der Waals surface area contributed by atoms with E-state index in [4.69, 9.17) is 9.15 Å². The zero-order chi connectivity index (χ0) is 22.3. The van der Waals surface area contributed by atoms with Gasteiger partial charge in [-0.15, -0.1) is 5.10 Å². The second-order valence-corrected chi connectivity index (χ2v) is 7.28. The van der Waals surface area contributed by atoms with Crippen LogP contribution in [0.2, 0.25) is 0 Å². The van der Waals surface area contributed by atoms with Gasteiger partial charge in [0.1, 0.15) is 11.6 Å². The third-order valence-corrected chi connectivity index (χ3v) is 5.03. The summed E-state index contributed by atoms with van der Waals surface area (Å²) in [5.74, 6) is -1.96. The molecule has 32 heavy (non-hydrogen) atoms. The van der Waals surface area contributed by atoms with E-state index in [0.717, 1.165) is 45.3 Å². The van der Waals surface area contributed by atoms with Gasteiger partial charge in [0.2, 0.25) is 0 Å². The Balaban J connectivity index is 1.32. The van der Waals surface area contributed by atoms with Crippen LogP contribution in [0, 0.1) is 11.6 Å². The molecule has 0 radical (unpaired) electrons. The van der Waals surface area contributed by atoms with Crippen LogP contribution in [0.1, 0.15) is 16.8 Å². The Morgan fingerprint density at radius 3 is 2.66 bits per heavy atom. The molecule has 0 unspecified atom stereocenters. The molecule has 1 aliphatic heterocycles. The molecule has 0 spiro atoms. The van der Waals surface area contributed by atoms with Crippen molar-refractivity contribution in [2.45, 2.75) is 6.42 Å². The summed E-state index contributed by atoms with van der Waals surface area (Å²) in [7, 11) is 0. The first-order valence-corrected chi connectivity index (χ1v) is 10.3. The van der Waals surface area contributed by atoms with Gasteiger partial charge in [0.15, 0.2) is 0 Å². The van der Waals surface area contributed by atoms with Gasteiger partial charge in [0.05, 0.1) is 24.3 Å². The highest BCUT2D eigenvalue weighted by atomic mass is 19.1. The molecule has 2 heterocycles. The lowest BCUT2D eigenvalue weighted by molar-refractivity contribution is 0.0378. The van der Waals surface area contributed by atoms with Crippen molar-refractivity contribution < 1.29 is 22.7 Å². The monoisotopic (exact) mass is 443 g/mol. The summed E-state index contributed by atoms with van der Waals surface area (Å²) < 4.78 is 39.2. The number of anilines is 2. The quantitative estimate of drug-likeness (QED) is 0.516. The van der Waals surface area contributed by atoms with Crippen molar-refractivity contribution in [3.05, 3.63) is 59.7 Å². The minimum Gasteiger partial charge on any atom is -0.403 e. The van der Waals surface area contributed by atoms with Crippen molar-refractivity contribution in [2.24, 2.45) is 0 Å². The van der Waals surface area contributed by atoms with E-state index in [0.29, 0.717) is 6.54 Å². The zero-order valence-corrected chi connectivity index (χ0v) is 17.3. The largest absolute Gasteiger partial charge is 0.403 e. The van der Waals surface area contributed by atoms with Crippen LogP contribution >= 0.6 is 0 Å². The molecule has 8 nitrogen and oxygen atoms in total. The smallest absolute Gasteiger partial charge is 0.315 e. The summed E-state index contributed by atoms with van der Waals surface area (Å²) in [6, 6.07) is 9.79. The molecule has 4 rings (SSSR count). The molecule has 0 saturated carbocycles. The minimum atomic E-state index is -0.670. The molecule has 2 aromatic carbocycles. The summed E-state index contributed by atoms with van der Waals surface area (Å²) in [4.78, 5) is 14.5. The Hall–Kier alpha value is -3.37. The molecule has 1 amide bonds. The van der Waals surface area contributed by atoms with E-state index in [1.165, 1.54) is 30.3 Å². The number of carbonyl (C=O) groups excluding carboxylic acids is 1. The van der Waals surface area contributed by atoms with Gasteiger partial charge in [-0.05, 0) is 43.3 Å². The number of ether oxygens (including phenoxy) is 1. The Labute approximate surface area is 183 Å². The topological polar surface area (TPSA) is 92.5 Å². The fraction of sp³-hybridized carbons (Fsp3) is 0.318. The van der Waals surface area contributed by atoms with Gasteiger partial charge in [-0.2, -0.15) is 0 Å². The average molecular weight is 443 g/mol. The highest BCUT2D eigenvalue weighted by Gasteiger charge is 2.16. The van der Waals surface area contributed by atoms with Crippen molar-refractivity contribution >= 4 is 17.6 Å². The van der Waals surface area contributed by atoms with E-state index in [2.05, 4.69) is 25.7 Å². The van der Waals surface area contributed by atoms with E-state index in [9.17, 15) is 13.6 Å². The van der Waals surface area contributed by atoms with Gasteiger partial charge in [0.25, 0.3) is 11.8 Å². The van der Waals surface area contributed by atoms with Crippen LogP contribution < -0.4 is 10.6 Å². The second kappa shape index (κ2) is 10.3.